The summed E-state index contributed by atoms with van der Waals surface area (Å²) in [6.45, 7) is 4.89. The molecule has 0 aliphatic rings. The van der Waals surface area contributed by atoms with E-state index in [1.165, 1.54) is 24.5 Å². The fourth-order valence-corrected chi connectivity index (χ4v) is 4.47. The van der Waals surface area contributed by atoms with E-state index in [1.807, 2.05) is 27.1 Å². The smallest absolute Gasteiger partial charge is 0.223 e. The number of aryl methyl sites for hydroxylation is 1. The molecule has 0 saturated heterocycles. The van der Waals surface area contributed by atoms with Gasteiger partial charge in [-0.25, -0.2) is 13.4 Å². The second-order valence-corrected chi connectivity index (χ2v) is 9.66. The maximum atomic E-state index is 12.1. The molecule has 9 heteroatoms. The van der Waals surface area contributed by atoms with Gasteiger partial charge in [0.1, 0.15) is 0 Å². The highest BCUT2D eigenvalue weighted by Crippen LogP contribution is 2.35. The van der Waals surface area contributed by atoms with E-state index in [4.69, 9.17) is 0 Å². The SMILES string of the molecule is CC(=O)Nc1nc(C)c(-c2ccc(S(C)(=O)=O)c(NCCCN(C)C)c2)s1. The van der Waals surface area contributed by atoms with Crippen LogP contribution in [0.1, 0.15) is 19.0 Å². The summed E-state index contributed by atoms with van der Waals surface area (Å²) in [5.41, 5.74) is 2.24. The highest BCUT2D eigenvalue weighted by atomic mass is 32.2. The fourth-order valence-electron chi connectivity index (χ4n) is 2.62. The molecule has 0 saturated carbocycles. The average molecular weight is 411 g/mol. The Morgan fingerprint density at radius 2 is 2.00 bits per heavy atom. The topological polar surface area (TPSA) is 91.4 Å². The van der Waals surface area contributed by atoms with E-state index < -0.39 is 9.84 Å². The summed E-state index contributed by atoms with van der Waals surface area (Å²) >= 11 is 1.37. The van der Waals surface area contributed by atoms with Crippen molar-refractivity contribution in [2.24, 2.45) is 0 Å². The van der Waals surface area contributed by atoms with Gasteiger partial charge in [0, 0.05) is 19.7 Å². The molecule has 0 aliphatic carbocycles. The first-order valence-electron chi connectivity index (χ1n) is 8.56. The van der Waals surface area contributed by atoms with Crippen LogP contribution in [0.4, 0.5) is 10.8 Å². The lowest BCUT2D eigenvalue weighted by molar-refractivity contribution is -0.114. The Balaban J connectivity index is 2.34. The van der Waals surface area contributed by atoms with Gasteiger partial charge in [0.15, 0.2) is 15.0 Å². The van der Waals surface area contributed by atoms with Gasteiger partial charge in [0.2, 0.25) is 5.91 Å². The zero-order valence-corrected chi connectivity index (χ0v) is 17.9. The molecule has 1 aromatic carbocycles. The summed E-state index contributed by atoms with van der Waals surface area (Å²) in [5, 5.41) is 6.47. The van der Waals surface area contributed by atoms with Crippen molar-refractivity contribution >= 4 is 37.9 Å². The molecule has 148 valence electrons. The number of rotatable bonds is 8. The number of anilines is 2. The van der Waals surface area contributed by atoms with Gasteiger partial charge in [0.25, 0.3) is 0 Å². The molecule has 1 heterocycles. The number of thiazole rings is 1. The fraction of sp³-hybridized carbons (Fsp3) is 0.444. The summed E-state index contributed by atoms with van der Waals surface area (Å²) in [4.78, 5) is 18.9. The molecule has 2 rings (SSSR count). The number of hydrogen-bond acceptors (Lipinski definition) is 7. The van der Waals surface area contributed by atoms with Crippen LogP contribution >= 0.6 is 11.3 Å². The van der Waals surface area contributed by atoms with Crippen LogP contribution in [0.2, 0.25) is 0 Å². The molecule has 0 atom stereocenters. The van der Waals surface area contributed by atoms with Gasteiger partial charge >= 0.3 is 0 Å². The van der Waals surface area contributed by atoms with Gasteiger partial charge in [-0.2, -0.15) is 0 Å². The molecular weight excluding hydrogens is 384 g/mol. The number of hydrogen-bond donors (Lipinski definition) is 2. The van der Waals surface area contributed by atoms with Crippen LogP contribution in [-0.4, -0.2) is 57.6 Å². The second kappa shape index (κ2) is 8.81. The van der Waals surface area contributed by atoms with E-state index in [0.717, 1.165) is 29.1 Å². The third kappa shape index (κ3) is 6.02. The van der Waals surface area contributed by atoms with Crippen LogP contribution in [0.3, 0.4) is 0 Å². The average Bonchev–Trinajstić information content (AvgIpc) is 2.89. The molecule has 0 fully saturated rings. The number of carbonyl (C=O) groups is 1. The predicted octanol–water partition coefficient (Wildman–Crippen LogP) is 2.84. The highest BCUT2D eigenvalue weighted by molar-refractivity contribution is 7.90. The summed E-state index contributed by atoms with van der Waals surface area (Å²) in [6.07, 6.45) is 2.10. The number of aromatic nitrogens is 1. The van der Waals surface area contributed by atoms with Crippen LogP contribution < -0.4 is 10.6 Å². The standard InChI is InChI=1S/C18H26N4O3S2/c1-12-17(26-18(20-12)21-13(2)23)14-7-8-16(27(5,24)25)15(11-14)19-9-6-10-22(3)4/h7-8,11,19H,6,9-10H2,1-5H3,(H,20,21,23). The number of carbonyl (C=O) groups excluding carboxylic acids is 1. The van der Waals surface area contributed by atoms with E-state index in [1.54, 1.807) is 12.1 Å². The van der Waals surface area contributed by atoms with Gasteiger partial charge in [-0.3, -0.25) is 4.79 Å². The molecule has 0 bridgehead atoms. The van der Waals surface area contributed by atoms with E-state index in [0.29, 0.717) is 17.4 Å². The van der Waals surface area contributed by atoms with Crippen LogP contribution in [0.5, 0.6) is 0 Å². The number of nitrogens with one attached hydrogen (secondary N) is 2. The lowest BCUT2D eigenvalue weighted by atomic mass is 10.1. The molecule has 1 amide bonds. The normalized spacial score (nSPS) is 11.6. The van der Waals surface area contributed by atoms with Crippen molar-refractivity contribution in [3.8, 4) is 10.4 Å². The Labute approximate surface area is 164 Å². The van der Waals surface area contributed by atoms with E-state index in [9.17, 15) is 13.2 Å². The number of nitrogens with zero attached hydrogens (tertiary/aromatic N) is 2. The molecule has 1 aromatic heterocycles. The first-order chi connectivity index (χ1) is 12.6. The summed E-state index contributed by atoms with van der Waals surface area (Å²) in [5.74, 6) is -0.175. The number of amides is 1. The largest absolute Gasteiger partial charge is 0.384 e. The van der Waals surface area contributed by atoms with Crippen molar-refractivity contribution in [2.75, 3.05) is 44.1 Å². The van der Waals surface area contributed by atoms with Gasteiger partial charge in [-0.05, 0) is 51.7 Å². The summed E-state index contributed by atoms with van der Waals surface area (Å²) in [7, 11) is 0.655. The monoisotopic (exact) mass is 410 g/mol. The number of sulfone groups is 1. The van der Waals surface area contributed by atoms with Gasteiger partial charge < -0.3 is 15.5 Å². The molecule has 27 heavy (non-hydrogen) atoms. The minimum atomic E-state index is -3.35. The Morgan fingerprint density at radius 1 is 1.30 bits per heavy atom. The van der Waals surface area contributed by atoms with Crippen molar-refractivity contribution in [3.63, 3.8) is 0 Å². The van der Waals surface area contributed by atoms with Crippen molar-refractivity contribution < 1.29 is 13.2 Å². The minimum absolute atomic E-state index is 0.175. The number of benzene rings is 1. The molecule has 2 aromatic rings. The van der Waals surface area contributed by atoms with Crippen LogP contribution in [0.25, 0.3) is 10.4 Å². The zero-order valence-electron chi connectivity index (χ0n) is 16.3. The van der Waals surface area contributed by atoms with Crippen molar-refractivity contribution in [2.45, 2.75) is 25.2 Å². The van der Waals surface area contributed by atoms with Crippen molar-refractivity contribution in [3.05, 3.63) is 23.9 Å². The lowest BCUT2D eigenvalue weighted by Crippen LogP contribution is -2.17. The molecule has 0 spiro atoms. The van der Waals surface area contributed by atoms with Crippen LogP contribution in [0.15, 0.2) is 23.1 Å². The maximum Gasteiger partial charge on any atom is 0.223 e. The molecule has 0 radical (unpaired) electrons. The zero-order chi connectivity index (χ0) is 20.2. The lowest BCUT2D eigenvalue weighted by Gasteiger charge is -2.14. The first-order valence-corrected chi connectivity index (χ1v) is 11.3. The van der Waals surface area contributed by atoms with Crippen LogP contribution in [-0.2, 0) is 14.6 Å². The van der Waals surface area contributed by atoms with E-state index >= 15 is 0 Å². The van der Waals surface area contributed by atoms with E-state index in [-0.39, 0.29) is 10.8 Å². The van der Waals surface area contributed by atoms with Gasteiger partial charge in [-0.1, -0.05) is 17.4 Å². The first kappa shape index (κ1) is 21.3. The molecule has 0 aliphatic heterocycles. The summed E-state index contributed by atoms with van der Waals surface area (Å²) < 4.78 is 24.3. The second-order valence-electron chi connectivity index (χ2n) is 6.68. The van der Waals surface area contributed by atoms with E-state index in [2.05, 4.69) is 20.5 Å². The maximum absolute atomic E-state index is 12.1. The molecule has 7 nitrogen and oxygen atoms in total. The Bertz CT molecular complexity index is 921. The predicted molar refractivity (Wildman–Crippen MR) is 111 cm³/mol. The molecule has 0 unspecified atom stereocenters. The van der Waals surface area contributed by atoms with Gasteiger partial charge in [-0.15, -0.1) is 0 Å². The molecular formula is C18H26N4O3S2. The third-order valence-corrected chi connectivity index (χ3v) is 6.10. The Kier molecular flexibility index (Phi) is 6.96. The Morgan fingerprint density at radius 3 is 2.59 bits per heavy atom. The van der Waals surface area contributed by atoms with Crippen molar-refractivity contribution in [1.82, 2.24) is 9.88 Å². The molecule has 2 N–H and O–H groups in total. The van der Waals surface area contributed by atoms with Gasteiger partial charge in [0.05, 0.1) is 21.2 Å². The third-order valence-electron chi connectivity index (χ3n) is 3.82. The quantitative estimate of drug-likeness (QED) is 0.650. The minimum Gasteiger partial charge on any atom is -0.384 e. The summed E-state index contributed by atoms with van der Waals surface area (Å²) in [6, 6.07) is 5.24. The van der Waals surface area contributed by atoms with Crippen LogP contribution in [0, 0.1) is 6.92 Å². The Hall–Kier alpha value is -1.97. The highest BCUT2D eigenvalue weighted by Gasteiger charge is 2.17. The van der Waals surface area contributed by atoms with Crippen molar-refractivity contribution in [1.29, 1.82) is 0 Å².